The van der Waals surface area contributed by atoms with Crippen molar-refractivity contribution in [3.63, 3.8) is 0 Å². The molecule has 0 saturated heterocycles. The number of rotatable bonds is 12. The monoisotopic (exact) mass is 504 g/mol. The smallest absolute Gasteiger partial charge is 0.133 e. The number of nitrogens with one attached hydrogen (secondary N) is 1. The zero-order chi connectivity index (χ0) is 27.2. The van der Waals surface area contributed by atoms with E-state index >= 15 is 0 Å². The van der Waals surface area contributed by atoms with Crippen molar-refractivity contribution >= 4 is 17.0 Å². The summed E-state index contributed by atoms with van der Waals surface area (Å²) in [6.07, 6.45) is 27.4. The van der Waals surface area contributed by atoms with E-state index in [0.717, 1.165) is 35.5 Å². The van der Waals surface area contributed by atoms with E-state index in [9.17, 15) is 0 Å². The van der Waals surface area contributed by atoms with Gasteiger partial charge in [-0.25, -0.2) is 9.97 Å². The molecule has 1 aliphatic carbocycles. The molecule has 2 aromatic rings. The second kappa shape index (κ2) is 15.3. The molecule has 0 unspecified atom stereocenters. The van der Waals surface area contributed by atoms with Gasteiger partial charge in [0.05, 0.1) is 5.69 Å². The van der Waals surface area contributed by atoms with Crippen molar-refractivity contribution in [2.45, 2.75) is 46.6 Å². The van der Waals surface area contributed by atoms with Crippen molar-refractivity contribution in [2.24, 2.45) is 5.73 Å². The second-order valence-corrected chi connectivity index (χ2v) is 9.15. The summed E-state index contributed by atoms with van der Waals surface area (Å²) in [5.41, 5.74) is 14.9. The molecule has 1 aromatic heterocycles. The van der Waals surface area contributed by atoms with Crippen molar-refractivity contribution in [2.75, 3.05) is 11.9 Å². The molecule has 0 amide bonds. The van der Waals surface area contributed by atoms with Crippen LogP contribution in [-0.4, -0.2) is 16.5 Å². The molecular formula is C34H40N4. The fourth-order valence-corrected chi connectivity index (χ4v) is 4.32. The first-order valence-corrected chi connectivity index (χ1v) is 13.3. The molecule has 0 radical (unpaired) electrons. The highest BCUT2D eigenvalue weighted by Gasteiger charge is 2.13. The largest absolute Gasteiger partial charge is 0.366 e. The molecule has 0 atom stereocenters. The molecular weight excluding hydrogens is 464 g/mol. The van der Waals surface area contributed by atoms with Crippen LogP contribution < -0.4 is 11.1 Å². The molecule has 38 heavy (non-hydrogen) atoms. The molecule has 0 bridgehead atoms. The lowest BCUT2D eigenvalue weighted by atomic mass is 10.0. The van der Waals surface area contributed by atoms with E-state index in [2.05, 4.69) is 121 Å². The van der Waals surface area contributed by atoms with Crippen molar-refractivity contribution in [3.05, 3.63) is 138 Å². The lowest BCUT2D eigenvalue weighted by Crippen LogP contribution is -2.12. The van der Waals surface area contributed by atoms with E-state index in [1.54, 1.807) is 6.33 Å². The van der Waals surface area contributed by atoms with Crippen molar-refractivity contribution in [1.82, 2.24) is 9.97 Å². The third-order valence-electron chi connectivity index (χ3n) is 6.22. The predicted molar refractivity (Wildman–Crippen MR) is 165 cm³/mol. The molecule has 3 N–H and O–H groups in total. The Hall–Kier alpha value is -4.02. The number of anilines is 1. The summed E-state index contributed by atoms with van der Waals surface area (Å²) in [5.74, 6) is 0.806. The van der Waals surface area contributed by atoms with Crippen LogP contribution in [0.4, 0.5) is 5.82 Å². The van der Waals surface area contributed by atoms with Gasteiger partial charge in [0.25, 0.3) is 0 Å². The maximum Gasteiger partial charge on any atom is 0.133 e. The minimum absolute atomic E-state index is 0.509. The molecule has 0 aliphatic heterocycles. The minimum atomic E-state index is 0.509. The van der Waals surface area contributed by atoms with Crippen molar-refractivity contribution in [1.29, 1.82) is 0 Å². The van der Waals surface area contributed by atoms with Gasteiger partial charge in [-0.2, -0.15) is 0 Å². The molecule has 1 aromatic carbocycles. The van der Waals surface area contributed by atoms with E-state index in [1.807, 2.05) is 13.0 Å². The Bertz CT molecular complexity index is 1300. The van der Waals surface area contributed by atoms with Gasteiger partial charge >= 0.3 is 0 Å². The first-order chi connectivity index (χ1) is 18.6. The van der Waals surface area contributed by atoms with E-state index in [1.165, 1.54) is 27.8 Å². The van der Waals surface area contributed by atoms with Crippen molar-refractivity contribution < 1.29 is 0 Å². The van der Waals surface area contributed by atoms with Crippen LogP contribution in [0.5, 0.6) is 0 Å². The number of benzene rings is 1. The van der Waals surface area contributed by atoms with E-state index in [4.69, 9.17) is 5.73 Å². The number of hydrogen-bond acceptors (Lipinski definition) is 4. The van der Waals surface area contributed by atoms with E-state index < -0.39 is 0 Å². The molecule has 4 heteroatoms. The van der Waals surface area contributed by atoms with Crippen LogP contribution in [0.15, 0.2) is 115 Å². The van der Waals surface area contributed by atoms with Gasteiger partial charge in [-0.3, -0.25) is 0 Å². The minimum Gasteiger partial charge on any atom is -0.366 e. The summed E-state index contributed by atoms with van der Waals surface area (Å²) in [4.78, 5) is 9.17. The quantitative estimate of drug-likeness (QED) is 0.288. The number of hydrogen-bond donors (Lipinski definition) is 2. The lowest BCUT2D eigenvalue weighted by molar-refractivity contribution is 0.926. The molecule has 0 spiro atoms. The number of allylic oxidation sites excluding steroid dienone is 15. The third-order valence-corrected chi connectivity index (χ3v) is 6.22. The zero-order valence-corrected chi connectivity index (χ0v) is 23.0. The van der Waals surface area contributed by atoms with Gasteiger partial charge in [0.1, 0.15) is 12.1 Å². The van der Waals surface area contributed by atoms with Gasteiger partial charge in [0.15, 0.2) is 0 Å². The van der Waals surface area contributed by atoms with Crippen LogP contribution in [0.2, 0.25) is 0 Å². The normalized spacial score (nSPS) is 15.5. The van der Waals surface area contributed by atoms with E-state index in [-0.39, 0.29) is 0 Å². The first-order valence-electron chi connectivity index (χ1n) is 13.3. The Morgan fingerprint density at radius 3 is 2.61 bits per heavy atom. The average Bonchev–Trinajstić information content (AvgIpc) is 2.94. The van der Waals surface area contributed by atoms with Crippen LogP contribution in [0.3, 0.4) is 0 Å². The van der Waals surface area contributed by atoms with Crippen LogP contribution in [0.1, 0.15) is 56.0 Å². The summed E-state index contributed by atoms with van der Waals surface area (Å²) >= 11 is 0. The van der Waals surface area contributed by atoms with Gasteiger partial charge in [0.2, 0.25) is 0 Å². The Morgan fingerprint density at radius 1 is 1.13 bits per heavy atom. The van der Waals surface area contributed by atoms with Crippen LogP contribution in [-0.2, 0) is 13.0 Å². The molecule has 1 heterocycles. The Balaban J connectivity index is 1.82. The molecule has 1 aliphatic rings. The summed E-state index contributed by atoms with van der Waals surface area (Å²) in [6, 6.07) is 8.68. The van der Waals surface area contributed by atoms with Gasteiger partial charge in [-0.15, -0.1) is 0 Å². The van der Waals surface area contributed by atoms with Crippen molar-refractivity contribution in [3.8, 4) is 0 Å². The number of nitrogens with two attached hydrogens (primary N) is 1. The van der Waals surface area contributed by atoms with Gasteiger partial charge < -0.3 is 11.1 Å². The number of nitrogens with zero attached hydrogens (tertiary/aromatic N) is 2. The van der Waals surface area contributed by atoms with Crippen LogP contribution >= 0.6 is 0 Å². The van der Waals surface area contributed by atoms with Gasteiger partial charge in [-0.05, 0) is 61.9 Å². The molecule has 0 saturated carbocycles. The summed E-state index contributed by atoms with van der Waals surface area (Å²) in [5, 5.41) is 3.52. The maximum absolute atomic E-state index is 5.99. The molecule has 0 fully saturated rings. The summed E-state index contributed by atoms with van der Waals surface area (Å²) in [6.45, 7) is 11.6. The van der Waals surface area contributed by atoms with Gasteiger partial charge in [-0.1, -0.05) is 110 Å². The highest BCUT2D eigenvalue weighted by molar-refractivity contribution is 5.77. The fourth-order valence-electron chi connectivity index (χ4n) is 4.32. The third kappa shape index (κ3) is 8.25. The average molecular weight is 505 g/mol. The fraction of sp³-hybridized carbons (Fsp3) is 0.235. The highest BCUT2D eigenvalue weighted by Crippen LogP contribution is 2.25. The van der Waals surface area contributed by atoms with E-state index in [0.29, 0.717) is 19.5 Å². The lowest BCUT2D eigenvalue weighted by Gasteiger charge is -2.15. The van der Waals surface area contributed by atoms with Gasteiger partial charge in [0, 0.05) is 17.7 Å². The molecule has 3 rings (SSSR count). The van der Waals surface area contributed by atoms with Crippen LogP contribution in [0.25, 0.3) is 11.1 Å². The summed E-state index contributed by atoms with van der Waals surface area (Å²) in [7, 11) is 0. The Kier molecular flexibility index (Phi) is 11.5. The SMILES string of the molecule is C=C/C(=C\C=C1\C=CC=CC1)c1ncnc(NCc2ccc(C(/C=C\C)=C/C(C)=C/CC)cc2)c1CCN. The zero-order valence-electron chi connectivity index (χ0n) is 23.0. The van der Waals surface area contributed by atoms with Crippen LogP contribution in [0, 0.1) is 0 Å². The highest BCUT2D eigenvalue weighted by atomic mass is 15.0. The standard InChI is InChI=1S/C34H40N4/c1-5-11-26(4)23-31(12-6-2)30-19-16-28(17-20-30)24-36-34-32(21-22-35)33(37-25-38-34)29(7-3)18-15-27-13-9-8-10-14-27/h6-13,15-20,23,25H,3,5,14,21-22,24,35H2,1-2,4H3,(H,36,37,38)/b12-6-,26-11+,27-15-,29-18+,31-23+. The molecule has 4 nitrogen and oxygen atoms in total. The maximum atomic E-state index is 5.99. The predicted octanol–water partition coefficient (Wildman–Crippen LogP) is 7.92. The Morgan fingerprint density at radius 2 is 1.95 bits per heavy atom. The first kappa shape index (κ1) is 28.5. The molecule has 196 valence electrons. The second-order valence-electron chi connectivity index (χ2n) is 9.15. The Labute approximate surface area is 228 Å². The summed E-state index contributed by atoms with van der Waals surface area (Å²) < 4.78 is 0. The topological polar surface area (TPSA) is 63.8 Å². The number of aromatic nitrogens is 2.